The fourth-order valence-electron chi connectivity index (χ4n) is 1.81. The molecule has 0 spiro atoms. The Morgan fingerprint density at radius 2 is 2.47 bits per heavy atom. The summed E-state index contributed by atoms with van der Waals surface area (Å²) in [5.41, 5.74) is 1.96. The summed E-state index contributed by atoms with van der Waals surface area (Å²) in [5, 5.41) is 8.19. The lowest BCUT2D eigenvalue weighted by atomic mass is 10.2. The first-order chi connectivity index (χ1) is 7.18. The van der Waals surface area contributed by atoms with Crippen molar-refractivity contribution >= 4 is 11.6 Å². The molecule has 2 heterocycles. The van der Waals surface area contributed by atoms with E-state index < -0.39 is 0 Å². The number of hydrogen-bond acceptors (Lipinski definition) is 3. The number of rotatable bonds is 3. The van der Waals surface area contributed by atoms with Crippen LogP contribution in [0.15, 0.2) is 0 Å². The topological polar surface area (TPSA) is 39.1 Å². The van der Waals surface area contributed by atoms with E-state index in [0.717, 1.165) is 30.8 Å². The van der Waals surface area contributed by atoms with E-state index in [0.29, 0.717) is 17.9 Å². The van der Waals surface area contributed by atoms with Crippen LogP contribution in [0.3, 0.4) is 0 Å². The zero-order chi connectivity index (χ0) is 10.8. The summed E-state index contributed by atoms with van der Waals surface area (Å²) in [7, 11) is 1.84. The fourth-order valence-corrected chi connectivity index (χ4v) is 2.04. The Labute approximate surface area is 94.6 Å². The van der Waals surface area contributed by atoms with Gasteiger partial charge in [0.1, 0.15) is 5.15 Å². The molecule has 84 valence electrons. The molecule has 1 aromatic heterocycles. The summed E-state index contributed by atoms with van der Waals surface area (Å²) in [6.07, 6.45) is 1.40. The van der Waals surface area contributed by atoms with Crippen molar-refractivity contribution in [1.82, 2.24) is 15.1 Å². The first-order valence-electron chi connectivity index (χ1n) is 5.18. The molecule has 0 aromatic carbocycles. The molecular formula is C10H16ClN3O. The third-order valence-electron chi connectivity index (χ3n) is 2.75. The summed E-state index contributed by atoms with van der Waals surface area (Å²) in [4.78, 5) is 0. The van der Waals surface area contributed by atoms with E-state index in [2.05, 4.69) is 10.4 Å². The molecule has 0 radical (unpaired) electrons. The van der Waals surface area contributed by atoms with E-state index in [1.54, 1.807) is 4.68 Å². The second-order valence-corrected chi connectivity index (χ2v) is 4.26. The molecule has 1 fully saturated rings. The van der Waals surface area contributed by atoms with E-state index >= 15 is 0 Å². The lowest BCUT2D eigenvalue weighted by Gasteiger charge is -2.09. The third-order valence-corrected chi connectivity index (χ3v) is 3.22. The average Bonchev–Trinajstić information content (AvgIpc) is 2.76. The molecule has 5 heteroatoms. The molecular weight excluding hydrogens is 214 g/mol. The zero-order valence-corrected chi connectivity index (χ0v) is 9.84. The maximum Gasteiger partial charge on any atom is 0.132 e. The smallest absolute Gasteiger partial charge is 0.132 e. The summed E-state index contributed by atoms with van der Waals surface area (Å²) in [6, 6.07) is 0. The molecule has 0 aliphatic carbocycles. The maximum atomic E-state index is 6.10. The predicted octanol–water partition coefficient (Wildman–Crippen LogP) is 1.26. The number of halogens is 1. The first kappa shape index (κ1) is 10.9. The number of hydrogen-bond donors (Lipinski definition) is 1. The highest BCUT2D eigenvalue weighted by Crippen LogP contribution is 2.20. The van der Waals surface area contributed by atoms with Gasteiger partial charge in [0.05, 0.1) is 18.4 Å². The Morgan fingerprint density at radius 1 is 1.67 bits per heavy atom. The van der Waals surface area contributed by atoms with Crippen molar-refractivity contribution in [2.75, 3.05) is 13.1 Å². The molecule has 1 saturated heterocycles. The third kappa shape index (κ3) is 2.33. The lowest BCUT2D eigenvalue weighted by Crippen LogP contribution is -2.16. The molecule has 1 aliphatic rings. The van der Waals surface area contributed by atoms with Crippen LogP contribution in [0.4, 0.5) is 0 Å². The van der Waals surface area contributed by atoms with Crippen LogP contribution in [0.5, 0.6) is 0 Å². The molecule has 1 aliphatic heterocycles. The molecule has 0 bridgehead atoms. The van der Waals surface area contributed by atoms with Crippen molar-refractivity contribution in [3.05, 3.63) is 16.4 Å². The Hall–Kier alpha value is -0.580. The van der Waals surface area contributed by atoms with Crippen LogP contribution in [-0.2, 0) is 18.4 Å². The molecule has 1 unspecified atom stereocenters. The Balaban J connectivity index is 1.97. The van der Waals surface area contributed by atoms with Crippen LogP contribution in [0, 0.1) is 6.92 Å². The summed E-state index contributed by atoms with van der Waals surface area (Å²) in [6.45, 7) is 4.50. The standard InChI is InChI=1S/C10H16ClN3O/c1-7-9(10(11)14(2)13-7)6-15-8-3-4-12-5-8/h8,12H,3-6H2,1-2H3. The van der Waals surface area contributed by atoms with Gasteiger partial charge in [0.2, 0.25) is 0 Å². The molecule has 0 saturated carbocycles. The van der Waals surface area contributed by atoms with E-state index in [1.165, 1.54) is 0 Å². The average molecular weight is 230 g/mol. The van der Waals surface area contributed by atoms with Gasteiger partial charge in [0.25, 0.3) is 0 Å². The number of aryl methyl sites for hydroxylation is 2. The minimum absolute atomic E-state index is 0.320. The van der Waals surface area contributed by atoms with Gasteiger partial charge in [-0.15, -0.1) is 0 Å². The Bertz CT molecular complexity index is 345. The molecule has 0 amide bonds. The number of nitrogens with zero attached hydrogens (tertiary/aromatic N) is 2. The molecule has 2 rings (SSSR count). The van der Waals surface area contributed by atoms with Crippen molar-refractivity contribution in [2.24, 2.45) is 7.05 Å². The van der Waals surface area contributed by atoms with Crippen LogP contribution in [0.25, 0.3) is 0 Å². The van der Waals surface area contributed by atoms with E-state index in [4.69, 9.17) is 16.3 Å². The van der Waals surface area contributed by atoms with Crippen LogP contribution in [-0.4, -0.2) is 29.0 Å². The second kappa shape index (κ2) is 4.51. The zero-order valence-electron chi connectivity index (χ0n) is 9.09. The Morgan fingerprint density at radius 3 is 3.00 bits per heavy atom. The number of nitrogens with one attached hydrogen (secondary N) is 1. The van der Waals surface area contributed by atoms with Gasteiger partial charge < -0.3 is 10.1 Å². The summed E-state index contributed by atoms with van der Waals surface area (Å²) < 4.78 is 7.45. The molecule has 1 aromatic rings. The van der Waals surface area contributed by atoms with Gasteiger partial charge in [-0.3, -0.25) is 4.68 Å². The van der Waals surface area contributed by atoms with Crippen molar-refractivity contribution in [3.8, 4) is 0 Å². The summed E-state index contributed by atoms with van der Waals surface area (Å²) >= 11 is 6.10. The minimum atomic E-state index is 0.320. The number of aromatic nitrogens is 2. The van der Waals surface area contributed by atoms with Gasteiger partial charge in [-0.05, 0) is 19.9 Å². The van der Waals surface area contributed by atoms with Crippen LogP contribution in [0.1, 0.15) is 17.7 Å². The summed E-state index contributed by atoms with van der Waals surface area (Å²) in [5.74, 6) is 0. The second-order valence-electron chi connectivity index (χ2n) is 3.90. The van der Waals surface area contributed by atoms with E-state index in [1.807, 2.05) is 14.0 Å². The minimum Gasteiger partial charge on any atom is -0.372 e. The molecule has 1 N–H and O–H groups in total. The number of ether oxygens (including phenoxy) is 1. The predicted molar refractivity (Wildman–Crippen MR) is 59.0 cm³/mol. The quantitative estimate of drug-likeness (QED) is 0.848. The highest BCUT2D eigenvalue weighted by atomic mass is 35.5. The van der Waals surface area contributed by atoms with Gasteiger partial charge in [-0.2, -0.15) is 5.10 Å². The largest absolute Gasteiger partial charge is 0.372 e. The van der Waals surface area contributed by atoms with Gasteiger partial charge in [-0.1, -0.05) is 11.6 Å². The van der Waals surface area contributed by atoms with E-state index in [9.17, 15) is 0 Å². The molecule has 15 heavy (non-hydrogen) atoms. The monoisotopic (exact) mass is 229 g/mol. The lowest BCUT2D eigenvalue weighted by molar-refractivity contribution is 0.0539. The van der Waals surface area contributed by atoms with Gasteiger partial charge >= 0.3 is 0 Å². The Kier molecular flexibility index (Phi) is 3.29. The molecule has 4 nitrogen and oxygen atoms in total. The SMILES string of the molecule is Cc1nn(C)c(Cl)c1COC1CCNC1. The van der Waals surface area contributed by atoms with Gasteiger partial charge in [0, 0.05) is 19.2 Å². The fraction of sp³-hybridized carbons (Fsp3) is 0.700. The van der Waals surface area contributed by atoms with Crippen molar-refractivity contribution in [3.63, 3.8) is 0 Å². The van der Waals surface area contributed by atoms with Crippen LogP contribution in [0.2, 0.25) is 5.15 Å². The normalized spacial score (nSPS) is 21.1. The van der Waals surface area contributed by atoms with Crippen molar-refractivity contribution < 1.29 is 4.74 Å². The first-order valence-corrected chi connectivity index (χ1v) is 5.56. The van der Waals surface area contributed by atoms with Crippen LogP contribution >= 0.6 is 11.6 Å². The van der Waals surface area contributed by atoms with Crippen molar-refractivity contribution in [1.29, 1.82) is 0 Å². The molecule has 1 atom stereocenters. The van der Waals surface area contributed by atoms with Crippen LogP contribution < -0.4 is 5.32 Å². The highest BCUT2D eigenvalue weighted by molar-refractivity contribution is 6.30. The van der Waals surface area contributed by atoms with Crippen molar-refractivity contribution in [2.45, 2.75) is 26.1 Å². The van der Waals surface area contributed by atoms with Gasteiger partial charge in [0.15, 0.2) is 0 Å². The van der Waals surface area contributed by atoms with E-state index in [-0.39, 0.29) is 0 Å². The van der Waals surface area contributed by atoms with Gasteiger partial charge in [-0.25, -0.2) is 0 Å². The maximum absolute atomic E-state index is 6.10. The highest BCUT2D eigenvalue weighted by Gasteiger charge is 2.17.